The summed E-state index contributed by atoms with van der Waals surface area (Å²) in [5, 5.41) is 15.4. The van der Waals surface area contributed by atoms with Crippen LogP contribution in [0, 0.1) is 9.49 Å². The van der Waals surface area contributed by atoms with Crippen molar-refractivity contribution >= 4 is 40.9 Å². The van der Waals surface area contributed by atoms with Crippen molar-refractivity contribution in [2.75, 3.05) is 19.6 Å². The van der Waals surface area contributed by atoms with E-state index in [-0.39, 0.29) is 30.3 Å². The minimum Gasteiger partial charge on any atom is -0.391 e. The first-order valence-corrected chi connectivity index (χ1v) is 6.25. The molecule has 1 aliphatic rings. The third-order valence-corrected chi connectivity index (χ3v) is 3.34. The molecule has 1 saturated heterocycles. The van der Waals surface area contributed by atoms with Gasteiger partial charge in [0, 0.05) is 35.3 Å². The van der Waals surface area contributed by atoms with Crippen LogP contribution < -0.4 is 10.6 Å². The highest BCUT2D eigenvalue weighted by Gasteiger charge is 2.25. The summed E-state index contributed by atoms with van der Waals surface area (Å²) >= 11 is 2.14. The molecule has 1 aromatic heterocycles. The number of H-pyrrole nitrogens is 1. The molecule has 7 heteroatoms. The molecule has 2 atom stereocenters. The molecule has 96 valence electrons. The normalized spacial score (nSPS) is 23.2. The lowest BCUT2D eigenvalue weighted by Crippen LogP contribution is -2.34. The van der Waals surface area contributed by atoms with Crippen LogP contribution in [0.5, 0.6) is 0 Å². The summed E-state index contributed by atoms with van der Waals surface area (Å²) in [6.45, 7) is 1.87. The molecule has 0 bridgehead atoms. The van der Waals surface area contributed by atoms with Crippen molar-refractivity contribution < 1.29 is 9.90 Å². The maximum atomic E-state index is 11.7. The molecule has 0 spiro atoms. The van der Waals surface area contributed by atoms with E-state index in [9.17, 15) is 9.90 Å². The number of aromatic nitrogens is 1. The maximum absolute atomic E-state index is 11.7. The quantitative estimate of drug-likeness (QED) is 0.579. The van der Waals surface area contributed by atoms with Gasteiger partial charge in [0.15, 0.2) is 0 Å². The topological polar surface area (TPSA) is 77.2 Å². The minimum atomic E-state index is -0.357. The number of rotatable bonds is 3. The first kappa shape index (κ1) is 14.7. The molecule has 2 rings (SSSR count). The summed E-state index contributed by atoms with van der Waals surface area (Å²) in [5.41, 5.74) is 0.560. The van der Waals surface area contributed by atoms with Crippen molar-refractivity contribution in [1.82, 2.24) is 15.6 Å². The van der Waals surface area contributed by atoms with Gasteiger partial charge in [-0.25, -0.2) is 0 Å². The van der Waals surface area contributed by atoms with Gasteiger partial charge in [-0.15, -0.1) is 12.4 Å². The molecule has 1 amide bonds. The van der Waals surface area contributed by atoms with Crippen LogP contribution >= 0.6 is 35.0 Å². The van der Waals surface area contributed by atoms with Gasteiger partial charge in [-0.1, -0.05) is 0 Å². The number of carbonyl (C=O) groups is 1. The highest BCUT2D eigenvalue weighted by Crippen LogP contribution is 2.09. The van der Waals surface area contributed by atoms with Gasteiger partial charge in [-0.3, -0.25) is 4.79 Å². The van der Waals surface area contributed by atoms with Gasteiger partial charge in [-0.05, 0) is 28.7 Å². The van der Waals surface area contributed by atoms with Gasteiger partial charge in [0.25, 0.3) is 5.91 Å². The molecule has 0 aliphatic carbocycles. The van der Waals surface area contributed by atoms with Crippen molar-refractivity contribution in [3.05, 3.63) is 21.5 Å². The van der Waals surface area contributed by atoms with E-state index in [1.165, 1.54) is 0 Å². The molecular weight excluding hydrogens is 356 g/mol. The minimum absolute atomic E-state index is 0. The molecule has 0 saturated carbocycles. The number of aliphatic hydroxyl groups is 1. The lowest BCUT2D eigenvalue weighted by atomic mass is 10.1. The zero-order valence-electron chi connectivity index (χ0n) is 9.07. The van der Waals surface area contributed by atoms with E-state index >= 15 is 0 Å². The third kappa shape index (κ3) is 3.84. The molecule has 0 aromatic carbocycles. The summed E-state index contributed by atoms with van der Waals surface area (Å²) < 4.78 is 1.00. The molecule has 1 fully saturated rings. The molecule has 5 nitrogen and oxygen atoms in total. The maximum Gasteiger partial charge on any atom is 0.267 e. The Hall–Kier alpha value is -0.310. The second kappa shape index (κ2) is 6.58. The van der Waals surface area contributed by atoms with E-state index in [1.807, 2.05) is 0 Å². The fourth-order valence-electron chi connectivity index (χ4n) is 1.75. The van der Waals surface area contributed by atoms with Crippen LogP contribution in [0.25, 0.3) is 0 Å². The Bertz CT molecular complexity index is 385. The van der Waals surface area contributed by atoms with Crippen LogP contribution in [0.3, 0.4) is 0 Å². The predicted molar refractivity (Wildman–Crippen MR) is 75.5 cm³/mol. The van der Waals surface area contributed by atoms with Crippen molar-refractivity contribution in [2.45, 2.75) is 6.10 Å². The highest BCUT2D eigenvalue weighted by molar-refractivity contribution is 14.1. The average Bonchev–Trinajstić information content (AvgIpc) is 2.84. The largest absolute Gasteiger partial charge is 0.391 e. The zero-order valence-corrected chi connectivity index (χ0v) is 12.0. The number of aromatic amines is 1. The van der Waals surface area contributed by atoms with Gasteiger partial charge >= 0.3 is 0 Å². The number of β-amino-alcohol motifs (C(OH)–C–C–N with tert-alkyl or cyclic N) is 1. The standard InChI is InChI=1S/C10H14IN3O2.ClH/c11-7-1-8(13-4-7)10(16)14-3-6-2-12-5-9(6)15;/h1,4,6,9,12-13,15H,2-3,5H2,(H,14,16);1H. The van der Waals surface area contributed by atoms with Crippen LogP contribution in [0.1, 0.15) is 10.5 Å². The first-order chi connectivity index (χ1) is 7.66. The Morgan fingerprint density at radius 2 is 2.35 bits per heavy atom. The Kier molecular flexibility index (Phi) is 5.71. The molecule has 4 N–H and O–H groups in total. The Morgan fingerprint density at radius 3 is 2.88 bits per heavy atom. The average molecular weight is 372 g/mol. The van der Waals surface area contributed by atoms with Crippen LogP contribution in [0.4, 0.5) is 0 Å². The Morgan fingerprint density at radius 1 is 1.59 bits per heavy atom. The van der Waals surface area contributed by atoms with Gasteiger partial charge < -0.3 is 20.7 Å². The van der Waals surface area contributed by atoms with Crippen LogP contribution in [-0.4, -0.2) is 41.7 Å². The van der Waals surface area contributed by atoms with Crippen LogP contribution in [-0.2, 0) is 0 Å². The summed E-state index contributed by atoms with van der Waals surface area (Å²) in [7, 11) is 0. The Balaban J connectivity index is 0.00000144. The Labute approximate surface area is 119 Å². The molecule has 2 heterocycles. The van der Waals surface area contributed by atoms with E-state index in [0.717, 1.165) is 10.1 Å². The van der Waals surface area contributed by atoms with Gasteiger partial charge in [-0.2, -0.15) is 0 Å². The molecule has 0 radical (unpaired) electrons. The molecule has 2 unspecified atom stereocenters. The third-order valence-electron chi connectivity index (χ3n) is 2.72. The summed E-state index contributed by atoms with van der Waals surface area (Å²) in [5.74, 6) is -0.0139. The van der Waals surface area contributed by atoms with E-state index in [2.05, 4.69) is 38.2 Å². The van der Waals surface area contributed by atoms with Gasteiger partial charge in [0.05, 0.1) is 6.10 Å². The molecular formula is C10H15ClIN3O2. The predicted octanol–water partition coefficient (Wildman–Crippen LogP) is 0.351. The van der Waals surface area contributed by atoms with Crippen molar-refractivity contribution in [3.63, 3.8) is 0 Å². The fourth-order valence-corrected chi connectivity index (χ4v) is 2.21. The SMILES string of the molecule is Cl.O=C(NCC1CNCC1O)c1cc(I)c[nH]1. The number of carbonyl (C=O) groups excluding carboxylic acids is 1. The number of nitrogens with one attached hydrogen (secondary N) is 3. The van der Waals surface area contributed by atoms with E-state index in [0.29, 0.717) is 18.8 Å². The van der Waals surface area contributed by atoms with Gasteiger partial charge in [0.2, 0.25) is 0 Å². The second-order valence-corrected chi connectivity index (χ2v) is 5.17. The number of halogens is 2. The first-order valence-electron chi connectivity index (χ1n) is 5.17. The van der Waals surface area contributed by atoms with Crippen LogP contribution in [0.15, 0.2) is 12.3 Å². The van der Waals surface area contributed by atoms with Crippen molar-refractivity contribution in [3.8, 4) is 0 Å². The molecule has 17 heavy (non-hydrogen) atoms. The van der Waals surface area contributed by atoms with Crippen LogP contribution in [0.2, 0.25) is 0 Å². The monoisotopic (exact) mass is 371 g/mol. The van der Waals surface area contributed by atoms with Crippen molar-refractivity contribution in [1.29, 1.82) is 0 Å². The second-order valence-electron chi connectivity index (χ2n) is 3.93. The van der Waals surface area contributed by atoms with E-state index in [4.69, 9.17) is 0 Å². The summed E-state index contributed by atoms with van der Waals surface area (Å²) in [6.07, 6.45) is 1.42. The lowest BCUT2D eigenvalue weighted by molar-refractivity contribution is 0.0922. The lowest BCUT2D eigenvalue weighted by Gasteiger charge is -2.13. The number of hydrogen-bond donors (Lipinski definition) is 4. The number of hydrogen-bond acceptors (Lipinski definition) is 3. The number of aliphatic hydroxyl groups excluding tert-OH is 1. The molecule has 1 aliphatic heterocycles. The summed E-state index contributed by atoms with van der Waals surface area (Å²) in [4.78, 5) is 14.6. The molecule has 1 aromatic rings. The van der Waals surface area contributed by atoms with Gasteiger partial charge in [0.1, 0.15) is 5.69 Å². The van der Waals surface area contributed by atoms with Crippen molar-refractivity contribution in [2.24, 2.45) is 5.92 Å². The smallest absolute Gasteiger partial charge is 0.267 e. The summed E-state index contributed by atoms with van der Waals surface area (Å²) in [6, 6.07) is 1.79. The number of amides is 1. The van der Waals surface area contributed by atoms with E-state index < -0.39 is 0 Å². The van der Waals surface area contributed by atoms with E-state index in [1.54, 1.807) is 12.3 Å². The zero-order chi connectivity index (χ0) is 11.5. The fraction of sp³-hybridized carbons (Fsp3) is 0.500. The highest BCUT2D eigenvalue weighted by atomic mass is 127.